The Balaban J connectivity index is 1.61. The van der Waals surface area contributed by atoms with E-state index in [0.717, 1.165) is 50.4 Å². The predicted octanol–water partition coefficient (Wildman–Crippen LogP) is 2.10. The maximum absolute atomic E-state index is 11.4. The molecule has 128 valence electrons. The van der Waals surface area contributed by atoms with E-state index in [2.05, 4.69) is 17.0 Å². The van der Waals surface area contributed by atoms with Crippen LogP contribution in [-0.4, -0.2) is 51.6 Å². The lowest BCUT2D eigenvalue weighted by atomic mass is 10.1. The molecule has 0 radical (unpaired) electrons. The van der Waals surface area contributed by atoms with Gasteiger partial charge in [-0.15, -0.1) is 0 Å². The van der Waals surface area contributed by atoms with Gasteiger partial charge >= 0.3 is 0 Å². The van der Waals surface area contributed by atoms with Gasteiger partial charge in [0.15, 0.2) is 11.5 Å². The van der Waals surface area contributed by atoms with Crippen LogP contribution in [0, 0.1) is 5.92 Å². The van der Waals surface area contributed by atoms with Gasteiger partial charge in [0.05, 0.1) is 19.0 Å². The normalized spacial score (nSPS) is 22.3. The smallest absolute Gasteiger partial charge is 0.161 e. The Bertz CT molecular complexity index is 655. The zero-order chi connectivity index (χ0) is 16.4. The minimum Gasteiger partial charge on any atom is -0.493 e. The molecule has 3 rings (SSSR count). The molecule has 0 spiro atoms. The fourth-order valence-corrected chi connectivity index (χ4v) is 4.28. The molecular weight excluding hydrogens is 314 g/mol. The van der Waals surface area contributed by atoms with Crippen LogP contribution in [0.1, 0.15) is 24.8 Å². The summed E-state index contributed by atoms with van der Waals surface area (Å²) in [6, 6.07) is 6.07. The van der Waals surface area contributed by atoms with E-state index in [9.17, 15) is 8.42 Å². The van der Waals surface area contributed by atoms with Crippen molar-refractivity contribution in [2.45, 2.75) is 31.9 Å². The molecule has 6 heteroatoms. The SMILES string of the molecule is COc1ccc(CN2CC[C@H](CS(C)(=O)=O)C2)cc1OC1CC1. The first-order valence-electron chi connectivity index (χ1n) is 8.16. The Kier molecular flexibility index (Phi) is 4.82. The molecule has 1 aliphatic heterocycles. The lowest BCUT2D eigenvalue weighted by molar-refractivity contribution is 0.280. The van der Waals surface area contributed by atoms with Gasteiger partial charge in [0.2, 0.25) is 0 Å². The maximum atomic E-state index is 11.4. The Labute approximate surface area is 138 Å². The lowest BCUT2D eigenvalue weighted by Gasteiger charge is -2.17. The summed E-state index contributed by atoms with van der Waals surface area (Å²) in [4.78, 5) is 2.32. The van der Waals surface area contributed by atoms with E-state index in [1.165, 1.54) is 11.8 Å². The number of hydrogen-bond donors (Lipinski definition) is 0. The first kappa shape index (κ1) is 16.6. The fraction of sp³-hybridized carbons (Fsp3) is 0.647. The summed E-state index contributed by atoms with van der Waals surface area (Å²) < 4.78 is 34.1. The number of rotatable bonds is 7. The molecule has 1 atom stereocenters. The van der Waals surface area contributed by atoms with Crippen molar-refractivity contribution in [1.82, 2.24) is 4.90 Å². The first-order chi connectivity index (χ1) is 10.9. The Morgan fingerprint density at radius 2 is 2.00 bits per heavy atom. The van der Waals surface area contributed by atoms with Crippen molar-refractivity contribution >= 4 is 9.84 Å². The largest absolute Gasteiger partial charge is 0.493 e. The van der Waals surface area contributed by atoms with E-state index >= 15 is 0 Å². The van der Waals surface area contributed by atoms with E-state index in [4.69, 9.17) is 9.47 Å². The fourth-order valence-electron chi connectivity index (χ4n) is 3.16. The molecule has 1 saturated carbocycles. The molecule has 23 heavy (non-hydrogen) atoms. The summed E-state index contributed by atoms with van der Waals surface area (Å²) in [6.07, 6.45) is 4.85. The second-order valence-corrected chi connectivity index (χ2v) is 8.97. The number of benzene rings is 1. The van der Waals surface area contributed by atoms with Crippen LogP contribution in [-0.2, 0) is 16.4 Å². The highest BCUT2D eigenvalue weighted by Gasteiger charge is 2.27. The number of nitrogens with zero attached hydrogens (tertiary/aromatic N) is 1. The van der Waals surface area contributed by atoms with Crippen LogP contribution >= 0.6 is 0 Å². The van der Waals surface area contributed by atoms with Gasteiger partial charge in [-0.2, -0.15) is 0 Å². The molecule has 0 aromatic heterocycles. The predicted molar refractivity (Wildman–Crippen MR) is 89.7 cm³/mol. The molecule has 0 amide bonds. The Morgan fingerprint density at radius 1 is 1.22 bits per heavy atom. The van der Waals surface area contributed by atoms with Gasteiger partial charge in [0.1, 0.15) is 9.84 Å². The zero-order valence-corrected chi connectivity index (χ0v) is 14.6. The summed E-state index contributed by atoms with van der Waals surface area (Å²) in [6.45, 7) is 2.62. The molecule has 0 N–H and O–H groups in total. The molecule has 0 bridgehead atoms. The molecule has 1 aliphatic carbocycles. The molecule has 5 nitrogen and oxygen atoms in total. The average Bonchev–Trinajstić information content (AvgIpc) is 3.18. The average molecular weight is 339 g/mol. The van der Waals surface area contributed by atoms with Gasteiger partial charge in [-0.25, -0.2) is 8.42 Å². The minimum absolute atomic E-state index is 0.255. The monoisotopic (exact) mass is 339 g/mol. The lowest BCUT2D eigenvalue weighted by Crippen LogP contribution is -2.22. The number of ether oxygens (including phenoxy) is 2. The topological polar surface area (TPSA) is 55.8 Å². The van der Waals surface area contributed by atoms with Crippen LogP contribution in [0.4, 0.5) is 0 Å². The molecule has 1 heterocycles. The third kappa shape index (κ3) is 4.85. The van der Waals surface area contributed by atoms with E-state index in [0.29, 0.717) is 11.9 Å². The molecule has 1 saturated heterocycles. The van der Waals surface area contributed by atoms with Gasteiger partial charge in [-0.05, 0) is 49.4 Å². The standard InChI is InChI=1S/C17H25NO4S/c1-21-16-6-3-13(9-17(16)22-15-4-5-15)10-18-8-7-14(11-18)12-23(2,19)20/h3,6,9,14-15H,4-5,7-8,10-12H2,1-2H3/t14-/m0/s1. The summed E-state index contributed by atoms with van der Waals surface area (Å²) in [7, 11) is -1.23. The van der Waals surface area contributed by atoms with Crippen molar-refractivity contribution in [3.63, 3.8) is 0 Å². The maximum Gasteiger partial charge on any atom is 0.161 e. The van der Waals surface area contributed by atoms with Crippen LogP contribution in [0.5, 0.6) is 11.5 Å². The van der Waals surface area contributed by atoms with Gasteiger partial charge < -0.3 is 9.47 Å². The second kappa shape index (κ2) is 6.69. The van der Waals surface area contributed by atoms with E-state index in [-0.39, 0.29) is 5.92 Å². The number of methoxy groups -OCH3 is 1. The van der Waals surface area contributed by atoms with Crippen molar-refractivity contribution < 1.29 is 17.9 Å². The van der Waals surface area contributed by atoms with E-state index in [1.54, 1.807) is 7.11 Å². The molecule has 1 aromatic rings. The van der Waals surface area contributed by atoms with Crippen LogP contribution in [0.2, 0.25) is 0 Å². The van der Waals surface area contributed by atoms with Gasteiger partial charge in [-0.1, -0.05) is 6.07 Å². The van der Waals surface area contributed by atoms with E-state index < -0.39 is 9.84 Å². The Morgan fingerprint density at radius 3 is 2.65 bits per heavy atom. The highest BCUT2D eigenvalue weighted by Crippen LogP contribution is 2.34. The highest BCUT2D eigenvalue weighted by molar-refractivity contribution is 7.90. The molecule has 2 fully saturated rings. The van der Waals surface area contributed by atoms with Gasteiger partial charge in [-0.3, -0.25) is 4.90 Å². The van der Waals surface area contributed by atoms with Crippen LogP contribution in [0.3, 0.4) is 0 Å². The number of likely N-dealkylation sites (tertiary alicyclic amines) is 1. The van der Waals surface area contributed by atoms with Crippen molar-refractivity contribution in [1.29, 1.82) is 0 Å². The summed E-state index contributed by atoms with van der Waals surface area (Å²) in [5.74, 6) is 2.14. The number of hydrogen-bond acceptors (Lipinski definition) is 5. The van der Waals surface area contributed by atoms with Crippen LogP contribution < -0.4 is 9.47 Å². The highest BCUT2D eigenvalue weighted by atomic mass is 32.2. The first-order valence-corrected chi connectivity index (χ1v) is 10.2. The molecule has 0 unspecified atom stereocenters. The van der Waals surface area contributed by atoms with Crippen molar-refractivity contribution in [2.75, 3.05) is 32.2 Å². The summed E-state index contributed by atoms with van der Waals surface area (Å²) >= 11 is 0. The quantitative estimate of drug-likeness (QED) is 0.761. The Hall–Kier alpha value is -1.27. The number of sulfone groups is 1. The van der Waals surface area contributed by atoms with Crippen molar-refractivity contribution in [3.05, 3.63) is 23.8 Å². The van der Waals surface area contributed by atoms with Crippen molar-refractivity contribution in [2.24, 2.45) is 5.92 Å². The molecule has 2 aliphatic rings. The molecule has 1 aromatic carbocycles. The van der Waals surface area contributed by atoms with E-state index in [1.807, 2.05) is 6.07 Å². The second-order valence-electron chi connectivity index (χ2n) is 6.78. The van der Waals surface area contributed by atoms with Crippen molar-refractivity contribution in [3.8, 4) is 11.5 Å². The molecular formula is C17H25NO4S. The summed E-state index contributed by atoms with van der Waals surface area (Å²) in [5, 5.41) is 0. The minimum atomic E-state index is -2.89. The zero-order valence-electron chi connectivity index (χ0n) is 13.8. The third-order valence-corrected chi connectivity index (χ3v) is 5.44. The third-order valence-electron chi connectivity index (χ3n) is 4.36. The summed E-state index contributed by atoms with van der Waals surface area (Å²) in [5.41, 5.74) is 1.18. The van der Waals surface area contributed by atoms with Gasteiger partial charge in [0.25, 0.3) is 0 Å². The van der Waals surface area contributed by atoms with Crippen LogP contribution in [0.25, 0.3) is 0 Å². The van der Waals surface area contributed by atoms with Crippen LogP contribution in [0.15, 0.2) is 18.2 Å². The van der Waals surface area contributed by atoms with Gasteiger partial charge in [0, 0.05) is 19.3 Å².